The molecule has 1 unspecified atom stereocenters. The number of hydrogen-bond donors (Lipinski definition) is 2. The number of carbonyl (C=O) groups excluding carboxylic acids is 1. The molecule has 0 aliphatic rings. The van der Waals surface area contributed by atoms with Gasteiger partial charge in [0, 0.05) is 11.4 Å². The zero-order valence-corrected chi connectivity index (χ0v) is 13.2. The third kappa shape index (κ3) is 4.29. The molecule has 1 aromatic rings. The molecule has 0 radical (unpaired) electrons. The van der Waals surface area contributed by atoms with Gasteiger partial charge in [-0.1, -0.05) is 13.8 Å². The number of sulfonamides is 1. The average Bonchev–Trinajstić information content (AvgIpc) is 2.57. The summed E-state index contributed by atoms with van der Waals surface area (Å²) in [5, 5.41) is 9.49. The summed E-state index contributed by atoms with van der Waals surface area (Å²) >= 11 is 0.979. The van der Waals surface area contributed by atoms with Crippen LogP contribution in [0.2, 0.25) is 0 Å². The van der Waals surface area contributed by atoms with Gasteiger partial charge in [-0.3, -0.25) is 4.79 Å². The molecule has 0 aliphatic heterocycles. The van der Waals surface area contributed by atoms with Gasteiger partial charge in [0.25, 0.3) is 5.91 Å². The molecule has 108 valence electrons. The summed E-state index contributed by atoms with van der Waals surface area (Å²) in [6.07, 6.45) is 0.872. The van der Waals surface area contributed by atoms with Crippen LogP contribution in [0.3, 0.4) is 0 Å². The highest BCUT2D eigenvalue weighted by Crippen LogP contribution is 2.25. The Morgan fingerprint density at radius 2 is 2.00 bits per heavy atom. The van der Waals surface area contributed by atoms with Crippen LogP contribution in [0.15, 0.2) is 9.59 Å². The highest BCUT2D eigenvalue weighted by atomic mass is 32.2. The lowest BCUT2D eigenvalue weighted by molar-refractivity contribution is 0.0936. The normalized spacial score (nSPS) is 13.6. The Kier molecular flexibility index (Phi) is 5.11. The largest absolute Gasteiger partial charge is 0.350 e. The number of carbonyl (C=O) groups is 1. The SMILES string of the molecule is Cc1c(C(=O)NC(C)CC(C)C)csc1S(N)(=O)=O. The van der Waals surface area contributed by atoms with Crippen molar-refractivity contribution in [1.82, 2.24) is 5.32 Å². The number of hydrogen-bond acceptors (Lipinski definition) is 4. The maximum atomic E-state index is 12.1. The minimum absolute atomic E-state index is 0.0460. The minimum atomic E-state index is -3.76. The van der Waals surface area contributed by atoms with E-state index in [0.717, 1.165) is 17.8 Å². The molecule has 19 heavy (non-hydrogen) atoms. The number of nitrogens with two attached hydrogens (primary N) is 1. The molecule has 5 nitrogen and oxygen atoms in total. The van der Waals surface area contributed by atoms with Crippen LogP contribution in [-0.4, -0.2) is 20.4 Å². The van der Waals surface area contributed by atoms with E-state index in [1.807, 2.05) is 6.92 Å². The van der Waals surface area contributed by atoms with Crippen molar-refractivity contribution in [3.63, 3.8) is 0 Å². The van der Waals surface area contributed by atoms with Gasteiger partial charge in [-0.05, 0) is 31.7 Å². The van der Waals surface area contributed by atoms with Gasteiger partial charge in [0.15, 0.2) is 0 Å². The zero-order chi connectivity index (χ0) is 14.8. The molecule has 1 rings (SSSR count). The van der Waals surface area contributed by atoms with Gasteiger partial charge in [-0.25, -0.2) is 13.6 Å². The first kappa shape index (κ1) is 16.1. The lowest BCUT2D eigenvalue weighted by Crippen LogP contribution is -2.33. The predicted octanol–water partition coefficient (Wildman–Crippen LogP) is 1.87. The van der Waals surface area contributed by atoms with E-state index in [2.05, 4.69) is 19.2 Å². The lowest BCUT2D eigenvalue weighted by atomic mass is 10.0. The fourth-order valence-corrected chi connectivity index (χ4v) is 3.98. The highest BCUT2D eigenvalue weighted by molar-refractivity contribution is 7.91. The van der Waals surface area contributed by atoms with E-state index >= 15 is 0 Å². The monoisotopic (exact) mass is 304 g/mol. The second-order valence-corrected chi connectivity index (χ2v) is 7.75. The van der Waals surface area contributed by atoms with Crippen LogP contribution >= 0.6 is 11.3 Å². The summed E-state index contributed by atoms with van der Waals surface area (Å²) in [4.78, 5) is 12.1. The molecule has 0 saturated heterocycles. The van der Waals surface area contributed by atoms with E-state index in [1.54, 1.807) is 6.92 Å². The molecule has 1 atom stereocenters. The van der Waals surface area contributed by atoms with Crippen LogP contribution < -0.4 is 10.5 Å². The summed E-state index contributed by atoms with van der Waals surface area (Å²) in [6, 6.07) is 0.0460. The van der Waals surface area contributed by atoms with Crippen LogP contribution in [0.1, 0.15) is 43.1 Å². The Morgan fingerprint density at radius 1 is 1.42 bits per heavy atom. The van der Waals surface area contributed by atoms with Crippen molar-refractivity contribution in [2.24, 2.45) is 11.1 Å². The molecule has 7 heteroatoms. The van der Waals surface area contributed by atoms with E-state index in [0.29, 0.717) is 17.0 Å². The molecule has 1 heterocycles. The zero-order valence-electron chi connectivity index (χ0n) is 11.6. The Bertz CT molecular complexity index is 562. The molecule has 1 aromatic heterocycles. The fraction of sp³-hybridized carbons (Fsp3) is 0.583. The van der Waals surface area contributed by atoms with Gasteiger partial charge >= 0.3 is 0 Å². The van der Waals surface area contributed by atoms with E-state index in [9.17, 15) is 13.2 Å². The fourth-order valence-electron chi connectivity index (χ4n) is 1.97. The van der Waals surface area contributed by atoms with Gasteiger partial charge in [0.05, 0.1) is 5.56 Å². The van der Waals surface area contributed by atoms with Gasteiger partial charge in [-0.15, -0.1) is 11.3 Å². The van der Waals surface area contributed by atoms with Crippen molar-refractivity contribution < 1.29 is 13.2 Å². The molecule has 0 saturated carbocycles. The first-order valence-electron chi connectivity index (χ1n) is 6.04. The Morgan fingerprint density at radius 3 is 2.42 bits per heavy atom. The first-order chi connectivity index (χ1) is 8.62. The molecule has 1 amide bonds. The van der Waals surface area contributed by atoms with Crippen molar-refractivity contribution in [3.05, 3.63) is 16.5 Å². The van der Waals surface area contributed by atoms with Gasteiger partial charge in [-0.2, -0.15) is 0 Å². The minimum Gasteiger partial charge on any atom is -0.350 e. The maximum Gasteiger partial charge on any atom is 0.252 e. The first-order valence-corrected chi connectivity index (χ1v) is 8.47. The Hall–Kier alpha value is -0.920. The van der Waals surface area contributed by atoms with Crippen LogP contribution in [0.25, 0.3) is 0 Å². The van der Waals surface area contributed by atoms with Gasteiger partial charge < -0.3 is 5.32 Å². The second-order valence-electron chi connectivity index (χ2n) is 5.11. The molecule has 3 N–H and O–H groups in total. The van der Waals surface area contributed by atoms with Crippen molar-refractivity contribution in [3.8, 4) is 0 Å². The number of nitrogens with one attached hydrogen (secondary N) is 1. The number of rotatable bonds is 5. The lowest BCUT2D eigenvalue weighted by Gasteiger charge is -2.15. The smallest absolute Gasteiger partial charge is 0.252 e. The van der Waals surface area contributed by atoms with Gasteiger partial charge in [0.2, 0.25) is 10.0 Å². The Labute approximate surface area is 118 Å². The van der Waals surface area contributed by atoms with Crippen molar-refractivity contribution in [2.45, 2.75) is 44.4 Å². The molecular weight excluding hydrogens is 284 g/mol. The molecule has 0 bridgehead atoms. The van der Waals surface area contributed by atoms with Crippen molar-refractivity contribution >= 4 is 27.3 Å². The van der Waals surface area contributed by atoms with E-state index in [4.69, 9.17) is 5.14 Å². The molecular formula is C12H20N2O3S2. The molecule has 0 fully saturated rings. The van der Waals surface area contributed by atoms with Gasteiger partial charge in [0.1, 0.15) is 4.21 Å². The number of amides is 1. The van der Waals surface area contributed by atoms with E-state index in [1.165, 1.54) is 5.38 Å². The molecule has 0 spiro atoms. The van der Waals surface area contributed by atoms with E-state index < -0.39 is 10.0 Å². The van der Waals surface area contributed by atoms with Crippen LogP contribution in [0.5, 0.6) is 0 Å². The summed E-state index contributed by atoms with van der Waals surface area (Å²) in [5.41, 5.74) is 0.798. The standard InChI is InChI=1S/C12H20N2O3S2/c1-7(2)5-8(3)14-11(15)10-6-18-12(9(10)4)19(13,16)17/h6-8H,5H2,1-4H3,(H,14,15)(H2,13,16,17). The maximum absolute atomic E-state index is 12.1. The highest BCUT2D eigenvalue weighted by Gasteiger charge is 2.21. The Balaban J connectivity index is 2.88. The third-order valence-corrected chi connectivity index (χ3v) is 5.38. The predicted molar refractivity (Wildman–Crippen MR) is 76.8 cm³/mol. The number of thiophene rings is 1. The molecule has 0 aliphatic carbocycles. The summed E-state index contributed by atoms with van der Waals surface area (Å²) in [5.74, 6) is 0.232. The number of primary sulfonamides is 1. The molecule has 0 aromatic carbocycles. The summed E-state index contributed by atoms with van der Waals surface area (Å²) < 4.78 is 22.7. The third-order valence-electron chi connectivity index (χ3n) is 2.70. The second kappa shape index (κ2) is 6.02. The van der Waals surface area contributed by atoms with Crippen LogP contribution in [-0.2, 0) is 10.0 Å². The van der Waals surface area contributed by atoms with Crippen LogP contribution in [0, 0.1) is 12.8 Å². The van der Waals surface area contributed by atoms with Crippen molar-refractivity contribution in [1.29, 1.82) is 0 Å². The summed E-state index contributed by atoms with van der Waals surface area (Å²) in [7, 11) is -3.76. The van der Waals surface area contributed by atoms with Crippen molar-refractivity contribution in [2.75, 3.05) is 0 Å². The average molecular weight is 304 g/mol. The van der Waals surface area contributed by atoms with E-state index in [-0.39, 0.29) is 16.2 Å². The van der Waals surface area contributed by atoms with Crippen LogP contribution in [0.4, 0.5) is 0 Å². The quantitative estimate of drug-likeness (QED) is 0.870. The summed E-state index contributed by atoms with van der Waals surface area (Å²) in [6.45, 7) is 7.69. The topological polar surface area (TPSA) is 89.3 Å².